The lowest BCUT2D eigenvalue weighted by Crippen LogP contribution is -2.45. The molecule has 0 fully saturated rings. The number of hydrogen-bond acceptors (Lipinski definition) is 7. The van der Waals surface area contributed by atoms with E-state index >= 15 is 0 Å². The van der Waals surface area contributed by atoms with E-state index in [0.29, 0.717) is 17.7 Å². The molecule has 10 nitrogen and oxygen atoms in total. The Balaban J connectivity index is 1.54. The number of rotatable bonds is 15. The number of nitrogens with zero attached hydrogens (tertiary/aromatic N) is 1. The van der Waals surface area contributed by atoms with E-state index in [1.807, 2.05) is 6.07 Å². The first-order valence-electron chi connectivity index (χ1n) is 14.1. The monoisotopic (exact) mass is 635 g/mol. The number of nitrogens with one attached hydrogen (secondary N) is 2. The molecular formula is C33H34FN3O7S. The number of methoxy groups -OCH3 is 1. The number of hydrogen-bond donors (Lipinski definition) is 3. The van der Waals surface area contributed by atoms with Gasteiger partial charge in [-0.2, -0.15) is 0 Å². The van der Waals surface area contributed by atoms with E-state index in [-0.39, 0.29) is 36.0 Å². The van der Waals surface area contributed by atoms with Gasteiger partial charge < -0.3 is 24.8 Å². The van der Waals surface area contributed by atoms with Crippen molar-refractivity contribution < 1.29 is 37.0 Å². The predicted molar refractivity (Wildman–Crippen MR) is 167 cm³/mol. The van der Waals surface area contributed by atoms with Crippen LogP contribution in [0.15, 0.2) is 108 Å². The molecule has 2 amide bonds. The quantitative estimate of drug-likeness (QED) is 0.166. The van der Waals surface area contributed by atoms with Crippen molar-refractivity contribution in [1.29, 1.82) is 0 Å². The Morgan fingerprint density at radius 2 is 1.53 bits per heavy atom. The van der Waals surface area contributed by atoms with E-state index in [1.165, 1.54) is 41.3 Å². The Hall–Kier alpha value is -4.94. The van der Waals surface area contributed by atoms with Crippen molar-refractivity contribution in [1.82, 2.24) is 10.2 Å². The second kappa shape index (κ2) is 15.7. The fourth-order valence-corrected chi connectivity index (χ4v) is 5.48. The molecule has 0 saturated carbocycles. The van der Waals surface area contributed by atoms with Crippen LogP contribution in [0.3, 0.4) is 0 Å². The summed E-state index contributed by atoms with van der Waals surface area (Å²) in [7, 11) is -2.41. The van der Waals surface area contributed by atoms with Gasteiger partial charge >= 0.3 is 0 Å². The molecule has 236 valence electrons. The number of aliphatic hydroxyl groups is 1. The molecule has 0 aliphatic heterocycles. The molecule has 12 heteroatoms. The third-order valence-corrected chi connectivity index (χ3v) is 8.13. The van der Waals surface area contributed by atoms with Crippen molar-refractivity contribution >= 4 is 27.5 Å². The highest BCUT2D eigenvalue weighted by atomic mass is 32.2. The maximum Gasteiger partial charge on any atom is 0.261 e. The molecule has 0 spiro atoms. The number of carbonyl (C=O) groups is 2. The minimum Gasteiger partial charge on any atom is -0.497 e. The number of carbonyl (C=O) groups excluding carboxylic acids is 2. The van der Waals surface area contributed by atoms with E-state index < -0.39 is 40.3 Å². The van der Waals surface area contributed by atoms with Gasteiger partial charge in [0.2, 0.25) is 5.91 Å². The molecule has 4 aromatic rings. The maximum atomic E-state index is 13.8. The highest BCUT2D eigenvalue weighted by Crippen LogP contribution is 2.26. The first kappa shape index (κ1) is 33.0. The van der Waals surface area contributed by atoms with Crippen LogP contribution >= 0.6 is 0 Å². The second-order valence-electron chi connectivity index (χ2n) is 9.92. The Labute approximate surface area is 261 Å². The minimum absolute atomic E-state index is 0.0599. The zero-order chi connectivity index (χ0) is 32.2. The zero-order valence-electron chi connectivity index (χ0n) is 24.6. The molecule has 0 aliphatic carbocycles. The number of anilines is 1. The molecule has 0 unspecified atom stereocenters. The van der Waals surface area contributed by atoms with Gasteiger partial charge in [-0.05, 0) is 78.2 Å². The highest BCUT2D eigenvalue weighted by Gasteiger charge is 2.31. The summed E-state index contributed by atoms with van der Waals surface area (Å²) in [6.07, 6.45) is 0.355. The van der Waals surface area contributed by atoms with Crippen LogP contribution in [0.1, 0.15) is 23.6 Å². The normalized spacial score (nSPS) is 11.7. The van der Waals surface area contributed by atoms with Crippen molar-refractivity contribution in [3.63, 3.8) is 0 Å². The lowest BCUT2D eigenvalue weighted by Gasteiger charge is -2.31. The smallest absolute Gasteiger partial charge is 0.261 e. The van der Waals surface area contributed by atoms with Gasteiger partial charge in [-0.1, -0.05) is 42.5 Å². The number of amides is 2. The second-order valence-corrected chi connectivity index (χ2v) is 11.6. The highest BCUT2D eigenvalue weighted by molar-refractivity contribution is 7.92. The van der Waals surface area contributed by atoms with Crippen molar-refractivity contribution in [2.75, 3.05) is 31.6 Å². The summed E-state index contributed by atoms with van der Waals surface area (Å²) in [6.45, 7) is -0.235. The van der Waals surface area contributed by atoms with Gasteiger partial charge in [0.05, 0.1) is 12.0 Å². The van der Waals surface area contributed by atoms with Gasteiger partial charge in [0.15, 0.2) is 6.61 Å². The van der Waals surface area contributed by atoms with Gasteiger partial charge in [0.1, 0.15) is 23.4 Å². The number of sulfonamides is 1. The summed E-state index contributed by atoms with van der Waals surface area (Å²) < 4.78 is 52.1. The van der Waals surface area contributed by atoms with E-state index in [4.69, 9.17) is 9.47 Å². The lowest BCUT2D eigenvalue weighted by atomic mass is 10.0. The molecule has 1 atom stereocenters. The SMILES string of the molecule is COc1ccc(CN(C(=O)COc2ccc(S(=O)(=O)Nc3ccc(F)cc3)cc2)[C@H](C(=O)NCCCO)c2ccccc2)cc1. The summed E-state index contributed by atoms with van der Waals surface area (Å²) in [5, 5.41) is 12.0. The molecule has 3 N–H and O–H groups in total. The Bertz CT molecular complexity index is 1650. The first-order valence-corrected chi connectivity index (χ1v) is 15.6. The van der Waals surface area contributed by atoms with E-state index in [2.05, 4.69) is 10.0 Å². The summed E-state index contributed by atoms with van der Waals surface area (Å²) in [5.41, 5.74) is 1.54. The summed E-state index contributed by atoms with van der Waals surface area (Å²) >= 11 is 0. The van der Waals surface area contributed by atoms with E-state index in [9.17, 15) is 27.5 Å². The van der Waals surface area contributed by atoms with Crippen molar-refractivity contribution in [2.45, 2.75) is 23.9 Å². The van der Waals surface area contributed by atoms with Crippen molar-refractivity contribution in [3.8, 4) is 11.5 Å². The number of benzene rings is 4. The van der Waals surface area contributed by atoms with Crippen LogP contribution in [-0.2, 0) is 26.2 Å². The van der Waals surface area contributed by atoms with E-state index in [1.54, 1.807) is 55.6 Å². The predicted octanol–water partition coefficient (Wildman–Crippen LogP) is 4.28. The van der Waals surface area contributed by atoms with E-state index in [0.717, 1.165) is 17.7 Å². The fraction of sp³-hybridized carbons (Fsp3) is 0.212. The van der Waals surface area contributed by atoms with Crippen LogP contribution in [0.2, 0.25) is 0 Å². The van der Waals surface area contributed by atoms with Gasteiger partial charge in [0.25, 0.3) is 15.9 Å². The zero-order valence-corrected chi connectivity index (χ0v) is 25.4. The Morgan fingerprint density at radius 1 is 0.889 bits per heavy atom. The lowest BCUT2D eigenvalue weighted by molar-refractivity contribution is -0.143. The molecule has 45 heavy (non-hydrogen) atoms. The topological polar surface area (TPSA) is 134 Å². The van der Waals surface area contributed by atoms with Crippen LogP contribution in [0.4, 0.5) is 10.1 Å². The van der Waals surface area contributed by atoms with Crippen LogP contribution < -0.4 is 19.5 Å². The molecule has 4 rings (SSSR count). The summed E-state index contributed by atoms with van der Waals surface area (Å²) in [6, 6.07) is 25.3. The molecule has 0 radical (unpaired) electrons. The molecule has 4 aromatic carbocycles. The molecule has 0 heterocycles. The number of aliphatic hydroxyl groups excluding tert-OH is 1. The first-order chi connectivity index (χ1) is 21.7. The Morgan fingerprint density at radius 3 is 2.16 bits per heavy atom. The third-order valence-electron chi connectivity index (χ3n) is 6.73. The number of halogens is 1. The average molecular weight is 636 g/mol. The summed E-state index contributed by atoms with van der Waals surface area (Å²) in [5.74, 6) is -0.530. The fourth-order valence-electron chi connectivity index (χ4n) is 4.42. The molecular weight excluding hydrogens is 601 g/mol. The molecule has 0 aromatic heterocycles. The number of ether oxygens (including phenoxy) is 2. The molecule has 0 saturated heterocycles. The molecule has 0 aliphatic rings. The maximum absolute atomic E-state index is 13.8. The van der Waals surface area contributed by atoms with Crippen LogP contribution in [0.5, 0.6) is 11.5 Å². The molecule has 0 bridgehead atoms. The average Bonchev–Trinajstić information content (AvgIpc) is 3.05. The largest absolute Gasteiger partial charge is 0.497 e. The third kappa shape index (κ3) is 9.27. The van der Waals surface area contributed by atoms with Gasteiger partial charge in [-0.25, -0.2) is 12.8 Å². The Kier molecular flexibility index (Phi) is 11.5. The van der Waals surface area contributed by atoms with Crippen LogP contribution in [0, 0.1) is 5.82 Å². The van der Waals surface area contributed by atoms with Gasteiger partial charge in [-0.15, -0.1) is 0 Å². The summed E-state index contributed by atoms with van der Waals surface area (Å²) in [4.78, 5) is 28.6. The van der Waals surface area contributed by atoms with Gasteiger partial charge in [0, 0.05) is 25.4 Å². The van der Waals surface area contributed by atoms with Crippen molar-refractivity contribution in [3.05, 3.63) is 120 Å². The standard InChI is InChI=1S/C33H34FN3O7S/c1-43-28-14-8-24(9-15-28)22-37(32(25-6-3-2-4-7-25)33(40)35-20-5-21-38)31(39)23-44-29-16-18-30(19-17-29)45(41,42)36-27-12-10-26(34)11-13-27/h2-4,6-19,32,36,38H,5,20-23H2,1H3,(H,35,40)/t32-/m0/s1. The van der Waals surface area contributed by atoms with Crippen molar-refractivity contribution in [2.24, 2.45) is 0 Å². The minimum atomic E-state index is -3.96. The van der Waals surface area contributed by atoms with Crippen LogP contribution in [-0.4, -0.2) is 57.1 Å². The van der Waals surface area contributed by atoms with Crippen LogP contribution in [0.25, 0.3) is 0 Å². The van der Waals surface area contributed by atoms with Gasteiger partial charge in [-0.3, -0.25) is 14.3 Å².